The summed E-state index contributed by atoms with van der Waals surface area (Å²) >= 11 is 0. The van der Waals surface area contributed by atoms with Crippen molar-refractivity contribution in [1.82, 2.24) is 5.43 Å². The summed E-state index contributed by atoms with van der Waals surface area (Å²) in [4.78, 5) is 10.9. The number of nitrogens with two attached hydrogens (primary N) is 1. The van der Waals surface area contributed by atoms with Gasteiger partial charge in [0.1, 0.15) is 0 Å². The van der Waals surface area contributed by atoms with E-state index in [1.165, 1.54) is 0 Å². The largest absolute Gasteiger partial charge is 0.290 e. The van der Waals surface area contributed by atoms with Crippen LogP contribution in [0.3, 0.4) is 0 Å². The van der Waals surface area contributed by atoms with Crippen molar-refractivity contribution in [3.05, 3.63) is 35.4 Å². The Labute approximate surface area is 65.2 Å². The lowest BCUT2D eigenvalue weighted by molar-refractivity contribution is 0.0953. The second-order valence-electron chi connectivity index (χ2n) is 2.25. The van der Waals surface area contributed by atoms with Crippen LogP contribution in [0.5, 0.6) is 0 Å². The molecular weight excluding hydrogens is 140 g/mol. The molecule has 11 heavy (non-hydrogen) atoms. The summed E-state index contributed by atoms with van der Waals surface area (Å²) in [5.41, 5.74) is 3.56. The summed E-state index contributed by atoms with van der Waals surface area (Å²) in [5, 5.41) is 0. The van der Waals surface area contributed by atoms with Crippen LogP contribution in [0.1, 0.15) is 15.9 Å². The van der Waals surface area contributed by atoms with Gasteiger partial charge in [-0.05, 0) is 19.1 Å². The van der Waals surface area contributed by atoms with Crippen LogP contribution < -0.4 is 11.3 Å². The Balaban J connectivity index is 2.90. The molecule has 0 aliphatic rings. The van der Waals surface area contributed by atoms with E-state index in [4.69, 9.17) is 5.84 Å². The monoisotopic (exact) mass is 149 g/mol. The quantitative estimate of drug-likeness (QED) is 0.345. The molecule has 3 heteroatoms. The fourth-order valence-corrected chi connectivity index (χ4v) is 0.722. The maximum Gasteiger partial charge on any atom is 0.265 e. The summed E-state index contributed by atoms with van der Waals surface area (Å²) in [5.74, 6) is 4.61. The number of rotatable bonds is 1. The number of hydrazine groups is 1. The first kappa shape index (κ1) is 7.75. The van der Waals surface area contributed by atoms with Gasteiger partial charge < -0.3 is 0 Å². The molecule has 3 nitrogen and oxygen atoms in total. The minimum Gasteiger partial charge on any atom is -0.290 e. The molecule has 0 heterocycles. The van der Waals surface area contributed by atoms with E-state index in [0.717, 1.165) is 5.56 Å². The van der Waals surface area contributed by atoms with Crippen LogP contribution in [0.2, 0.25) is 0 Å². The minimum absolute atomic E-state index is 0.315. The van der Waals surface area contributed by atoms with E-state index in [1.807, 2.05) is 18.4 Å². The Kier molecular flexibility index (Phi) is 2.23. The summed E-state index contributed by atoms with van der Waals surface area (Å²) < 4.78 is 0. The second kappa shape index (κ2) is 3.16. The van der Waals surface area contributed by atoms with E-state index >= 15 is 0 Å². The summed E-state index contributed by atoms with van der Waals surface area (Å²) in [6.45, 7) is 1.93. The highest BCUT2D eigenvalue weighted by Crippen LogP contribution is 2.00. The van der Waals surface area contributed by atoms with Gasteiger partial charge in [0.05, 0.1) is 0 Å². The van der Waals surface area contributed by atoms with Crippen molar-refractivity contribution >= 4 is 5.91 Å². The Hall–Kier alpha value is -1.35. The number of hydrogen-bond acceptors (Lipinski definition) is 2. The molecule has 1 rings (SSSR count). The normalized spacial score (nSPS) is 9.27. The van der Waals surface area contributed by atoms with E-state index < -0.39 is 0 Å². The third kappa shape index (κ3) is 1.78. The SMILES string of the molecule is Cc1c[c]c(C(=O)NN)cc1. The van der Waals surface area contributed by atoms with Gasteiger partial charge in [-0.25, -0.2) is 5.84 Å². The van der Waals surface area contributed by atoms with Crippen molar-refractivity contribution in [2.24, 2.45) is 5.84 Å². The molecule has 1 aromatic rings. The molecule has 3 N–H and O–H groups in total. The Morgan fingerprint density at radius 2 is 2.36 bits per heavy atom. The van der Waals surface area contributed by atoms with Gasteiger partial charge in [0.25, 0.3) is 5.91 Å². The van der Waals surface area contributed by atoms with Gasteiger partial charge in [-0.2, -0.15) is 0 Å². The lowest BCUT2D eigenvalue weighted by Gasteiger charge is -1.97. The van der Waals surface area contributed by atoms with Gasteiger partial charge in [0, 0.05) is 5.56 Å². The first-order valence-corrected chi connectivity index (χ1v) is 3.23. The van der Waals surface area contributed by atoms with Crippen molar-refractivity contribution in [2.45, 2.75) is 6.92 Å². The summed E-state index contributed by atoms with van der Waals surface area (Å²) in [6.07, 6.45) is 0. The molecule has 0 aliphatic carbocycles. The van der Waals surface area contributed by atoms with E-state index in [9.17, 15) is 4.79 Å². The topological polar surface area (TPSA) is 55.1 Å². The van der Waals surface area contributed by atoms with Crippen LogP contribution >= 0.6 is 0 Å². The van der Waals surface area contributed by atoms with Crippen molar-refractivity contribution in [1.29, 1.82) is 0 Å². The van der Waals surface area contributed by atoms with Crippen LogP contribution in [0.25, 0.3) is 0 Å². The zero-order chi connectivity index (χ0) is 8.27. The van der Waals surface area contributed by atoms with Crippen LogP contribution in [0, 0.1) is 13.0 Å². The van der Waals surface area contributed by atoms with Crippen LogP contribution in [-0.4, -0.2) is 5.91 Å². The second-order valence-corrected chi connectivity index (χ2v) is 2.25. The molecule has 0 aliphatic heterocycles. The molecule has 0 saturated heterocycles. The van der Waals surface area contributed by atoms with Gasteiger partial charge in [-0.3, -0.25) is 10.2 Å². The lowest BCUT2D eigenvalue weighted by Crippen LogP contribution is -2.29. The first-order chi connectivity index (χ1) is 5.24. The number of amides is 1. The summed E-state index contributed by atoms with van der Waals surface area (Å²) in [6, 6.07) is 8.05. The molecule has 1 amide bonds. The van der Waals surface area contributed by atoms with Crippen molar-refractivity contribution in [3.8, 4) is 0 Å². The highest BCUT2D eigenvalue weighted by molar-refractivity contribution is 5.93. The smallest absolute Gasteiger partial charge is 0.265 e. The zero-order valence-electron chi connectivity index (χ0n) is 6.22. The van der Waals surface area contributed by atoms with Gasteiger partial charge in [0.15, 0.2) is 0 Å². The van der Waals surface area contributed by atoms with Gasteiger partial charge in [-0.1, -0.05) is 17.7 Å². The van der Waals surface area contributed by atoms with E-state index in [-0.39, 0.29) is 5.91 Å². The molecule has 0 spiro atoms. The van der Waals surface area contributed by atoms with Crippen LogP contribution in [0.15, 0.2) is 18.2 Å². The highest BCUT2D eigenvalue weighted by atomic mass is 16.2. The van der Waals surface area contributed by atoms with Crippen molar-refractivity contribution in [3.63, 3.8) is 0 Å². The maximum atomic E-state index is 10.9. The Morgan fingerprint density at radius 3 is 2.82 bits per heavy atom. The molecular formula is C8H9N2O. The van der Waals surface area contributed by atoms with Crippen LogP contribution in [0.4, 0.5) is 0 Å². The molecule has 0 atom stereocenters. The number of hydrogen-bond donors (Lipinski definition) is 2. The van der Waals surface area contributed by atoms with Gasteiger partial charge in [0.2, 0.25) is 0 Å². The average molecular weight is 149 g/mol. The summed E-state index contributed by atoms with van der Waals surface area (Å²) in [7, 11) is 0. The number of aryl methyl sites for hydroxylation is 1. The Bertz CT molecular complexity index is 253. The first-order valence-electron chi connectivity index (χ1n) is 3.23. The number of carbonyl (C=O) groups excluding carboxylic acids is 1. The molecule has 0 fully saturated rings. The molecule has 1 aromatic carbocycles. The fraction of sp³-hybridized carbons (Fsp3) is 0.125. The minimum atomic E-state index is -0.315. The molecule has 0 saturated carbocycles. The maximum absolute atomic E-state index is 10.9. The number of benzene rings is 1. The third-order valence-corrected chi connectivity index (χ3v) is 1.34. The lowest BCUT2D eigenvalue weighted by atomic mass is 10.1. The van der Waals surface area contributed by atoms with E-state index in [1.54, 1.807) is 12.1 Å². The predicted octanol–water partition coefficient (Wildman–Crippen LogP) is 0.399. The molecule has 0 bridgehead atoms. The van der Waals surface area contributed by atoms with E-state index in [0.29, 0.717) is 5.56 Å². The Morgan fingerprint density at radius 1 is 1.64 bits per heavy atom. The van der Waals surface area contributed by atoms with Crippen LogP contribution in [-0.2, 0) is 0 Å². The number of nitrogen functional groups attached to an aromatic ring is 1. The molecule has 57 valence electrons. The molecule has 1 radical (unpaired) electrons. The van der Waals surface area contributed by atoms with Gasteiger partial charge >= 0.3 is 0 Å². The van der Waals surface area contributed by atoms with Crippen molar-refractivity contribution in [2.75, 3.05) is 0 Å². The number of nitrogens with one attached hydrogen (secondary N) is 1. The van der Waals surface area contributed by atoms with Crippen molar-refractivity contribution < 1.29 is 4.79 Å². The van der Waals surface area contributed by atoms with E-state index in [2.05, 4.69) is 6.07 Å². The zero-order valence-corrected chi connectivity index (χ0v) is 6.22. The molecule has 0 unspecified atom stereocenters. The highest BCUT2D eigenvalue weighted by Gasteiger charge is 2.00. The predicted molar refractivity (Wildman–Crippen MR) is 41.7 cm³/mol. The third-order valence-electron chi connectivity index (χ3n) is 1.34. The van der Waals surface area contributed by atoms with Gasteiger partial charge in [-0.15, -0.1) is 0 Å². The number of carbonyl (C=O) groups is 1. The molecule has 0 aromatic heterocycles. The average Bonchev–Trinajstić information content (AvgIpc) is 2.05. The fourth-order valence-electron chi connectivity index (χ4n) is 0.722. The standard InChI is InChI=1S/C8H9N2O/c1-6-2-4-7(5-3-6)8(11)10-9/h2-4H,9H2,1H3,(H,10,11).